The maximum absolute atomic E-state index is 12.4. The molecule has 0 saturated heterocycles. The number of hydrogen-bond donors (Lipinski definition) is 2. The Kier molecular flexibility index (Phi) is 4.15. The zero-order valence-electron chi connectivity index (χ0n) is 14.5. The molecule has 2 aromatic heterocycles. The molecule has 0 amide bonds. The number of hydrogen-bond acceptors (Lipinski definition) is 5. The van der Waals surface area contributed by atoms with Crippen LogP contribution in [0.1, 0.15) is 24.1 Å². The molecule has 4 aromatic rings. The summed E-state index contributed by atoms with van der Waals surface area (Å²) in [5.41, 5.74) is 2.55. The summed E-state index contributed by atoms with van der Waals surface area (Å²) in [7, 11) is 0. The Labute approximate surface area is 154 Å². The van der Waals surface area contributed by atoms with Gasteiger partial charge in [0.1, 0.15) is 5.39 Å². The number of para-hydroxylation sites is 1. The molecule has 2 heterocycles. The quantitative estimate of drug-likeness (QED) is 0.585. The fraction of sp³-hybridized carbons (Fsp3) is 0.100. The zero-order chi connectivity index (χ0) is 18.8. The molecule has 1 unspecified atom stereocenters. The topological polar surface area (TPSA) is 99.4 Å². The van der Waals surface area contributed by atoms with Crippen molar-refractivity contribution in [1.29, 1.82) is 5.26 Å². The third-order valence-corrected chi connectivity index (χ3v) is 4.31. The molecule has 0 aliphatic rings. The average Bonchev–Trinajstić information content (AvgIpc) is 3.13. The number of rotatable bonds is 4. The van der Waals surface area contributed by atoms with Crippen molar-refractivity contribution in [3.8, 4) is 11.8 Å². The third-order valence-electron chi connectivity index (χ3n) is 4.31. The molecule has 0 fully saturated rings. The Bertz CT molecular complexity index is 1200. The van der Waals surface area contributed by atoms with Crippen molar-refractivity contribution < 1.29 is 0 Å². The molecule has 1 atom stereocenters. The number of nitrogens with one attached hydrogen (secondary N) is 2. The lowest BCUT2D eigenvalue weighted by Crippen LogP contribution is -2.16. The largest absolute Gasteiger partial charge is 0.349 e. The molecule has 0 spiro atoms. The lowest BCUT2D eigenvalue weighted by molar-refractivity contribution is 0.852. The number of anilines is 1. The SMILES string of the molecule is CC(Nc1nc2c(cnn2-c2ccccc2)c(=O)[nH]1)c1cccc(C#N)c1. The monoisotopic (exact) mass is 356 g/mol. The lowest BCUT2D eigenvalue weighted by Gasteiger charge is -2.15. The van der Waals surface area contributed by atoms with Gasteiger partial charge in [-0.05, 0) is 36.8 Å². The Hall–Kier alpha value is -3.92. The van der Waals surface area contributed by atoms with E-state index in [0.29, 0.717) is 22.5 Å². The highest BCUT2D eigenvalue weighted by molar-refractivity contribution is 5.76. The van der Waals surface area contributed by atoms with Crippen molar-refractivity contribution in [3.63, 3.8) is 0 Å². The smallest absolute Gasteiger partial charge is 0.263 e. The second-order valence-corrected chi connectivity index (χ2v) is 6.15. The van der Waals surface area contributed by atoms with E-state index in [0.717, 1.165) is 11.3 Å². The van der Waals surface area contributed by atoms with Gasteiger partial charge in [0, 0.05) is 0 Å². The first-order chi connectivity index (χ1) is 13.2. The van der Waals surface area contributed by atoms with Crippen LogP contribution in [0.15, 0.2) is 65.6 Å². The third kappa shape index (κ3) is 3.16. The second-order valence-electron chi connectivity index (χ2n) is 6.15. The minimum absolute atomic E-state index is 0.146. The average molecular weight is 356 g/mol. The summed E-state index contributed by atoms with van der Waals surface area (Å²) in [5.74, 6) is 0.347. The molecule has 0 radical (unpaired) electrons. The van der Waals surface area contributed by atoms with E-state index in [4.69, 9.17) is 5.26 Å². The van der Waals surface area contributed by atoms with E-state index in [2.05, 4.69) is 26.5 Å². The van der Waals surface area contributed by atoms with Crippen LogP contribution in [0.2, 0.25) is 0 Å². The van der Waals surface area contributed by atoms with Crippen molar-refractivity contribution in [2.45, 2.75) is 13.0 Å². The van der Waals surface area contributed by atoms with Crippen LogP contribution in [-0.2, 0) is 0 Å². The second kappa shape index (κ2) is 6.77. The molecule has 0 saturated carbocycles. The van der Waals surface area contributed by atoms with Gasteiger partial charge < -0.3 is 5.32 Å². The number of fused-ring (bicyclic) bond motifs is 1. The number of aromatic amines is 1. The van der Waals surface area contributed by atoms with Crippen LogP contribution in [0.3, 0.4) is 0 Å². The molecule has 0 aliphatic heterocycles. The molecular formula is C20H16N6O. The molecule has 0 aliphatic carbocycles. The minimum Gasteiger partial charge on any atom is -0.349 e. The van der Waals surface area contributed by atoms with E-state index in [1.807, 2.05) is 55.5 Å². The maximum atomic E-state index is 12.4. The summed E-state index contributed by atoms with van der Waals surface area (Å²) in [6.45, 7) is 1.94. The fourth-order valence-corrected chi connectivity index (χ4v) is 2.91. The molecule has 27 heavy (non-hydrogen) atoms. The van der Waals surface area contributed by atoms with Gasteiger partial charge in [-0.15, -0.1) is 0 Å². The standard InChI is InChI=1S/C20H16N6O/c1-13(15-7-5-6-14(10-15)11-21)23-20-24-18-17(19(27)25-20)12-22-26(18)16-8-3-2-4-9-16/h2-10,12-13H,1H3,(H2,23,24,25,27). The first kappa shape index (κ1) is 16.5. The van der Waals surface area contributed by atoms with Crippen LogP contribution < -0.4 is 10.9 Å². The number of nitrogens with zero attached hydrogens (tertiary/aromatic N) is 4. The van der Waals surface area contributed by atoms with Crippen LogP contribution >= 0.6 is 0 Å². The summed E-state index contributed by atoms with van der Waals surface area (Å²) in [5, 5.41) is 17.0. The van der Waals surface area contributed by atoms with Gasteiger partial charge in [-0.1, -0.05) is 30.3 Å². The van der Waals surface area contributed by atoms with Gasteiger partial charge in [-0.2, -0.15) is 15.3 Å². The van der Waals surface area contributed by atoms with Crippen LogP contribution in [0.25, 0.3) is 16.7 Å². The van der Waals surface area contributed by atoms with Gasteiger partial charge in [-0.3, -0.25) is 9.78 Å². The van der Waals surface area contributed by atoms with Crippen molar-refractivity contribution in [2.24, 2.45) is 0 Å². The van der Waals surface area contributed by atoms with Crippen molar-refractivity contribution in [3.05, 3.63) is 82.3 Å². The molecule has 132 valence electrons. The number of aromatic nitrogens is 4. The van der Waals surface area contributed by atoms with E-state index < -0.39 is 0 Å². The van der Waals surface area contributed by atoms with Crippen LogP contribution in [0.5, 0.6) is 0 Å². The van der Waals surface area contributed by atoms with Gasteiger partial charge in [-0.25, -0.2) is 4.68 Å². The predicted octanol–water partition coefficient (Wildman–Crippen LogP) is 3.15. The Morgan fingerprint density at radius 3 is 2.78 bits per heavy atom. The lowest BCUT2D eigenvalue weighted by atomic mass is 10.1. The Morgan fingerprint density at radius 2 is 2.00 bits per heavy atom. The normalized spacial score (nSPS) is 11.9. The highest BCUT2D eigenvalue weighted by Gasteiger charge is 2.13. The van der Waals surface area contributed by atoms with Gasteiger partial charge in [0.25, 0.3) is 5.56 Å². The highest BCUT2D eigenvalue weighted by Crippen LogP contribution is 2.19. The predicted molar refractivity (Wildman–Crippen MR) is 103 cm³/mol. The van der Waals surface area contributed by atoms with Crippen molar-refractivity contribution in [1.82, 2.24) is 19.7 Å². The van der Waals surface area contributed by atoms with E-state index in [9.17, 15) is 4.79 Å². The van der Waals surface area contributed by atoms with E-state index in [1.165, 1.54) is 6.20 Å². The van der Waals surface area contributed by atoms with E-state index >= 15 is 0 Å². The summed E-state index contributed by atoms with van der Waals surface area (Å²) in [6, 6.07) is 18.8. The summed E-state index contributed by atoms with van der Waals surface area (Å²) < 4.78 is 1.64. The molecule has 2 N–H and O–H groups in total. The van der Waals surface area contributed by atoms with E-state index in [1.54, 1.807) is 10.7 Å². The molecule has 4 rings (SSSR count). The molecule has 7 heteroatoms. The van der Waals surface area contributed by atoms with Crippen LogP contribution in [0.4, 0.5) is 5.95 Å². The maximum Gasteiger partial charge on any atom is 0.263 e. The van der Waals surface area contributed by atoms with Crippen LogP contribution in [0, 0.1) is 11.3 Å². The fourth-order valence-electron chi connectivity index (χ4n) is 2.91. The summed E-state index contributed by atoms with van der Waals surface area (Å²) in [6.07, 6.45) is 1.51. The van der Waals surface area contributed by atoms with Crippen molar-refractivity contribution >= 4 is 17.0 Å². The van der Waals surface area contributed by atoms with E-state index in [-0.39, 0.29) is 11.6 Å². The number of H-pyrrole nitrogens is 1. The van der Waals surface area contributed by atoms with Crippen LogP contribution in [-0.4, -0.2) is 19.7 Å². The first-order valence-corrected chi connectivity index (χ1v) is 8.46. The van der Waals surface area contributed by atoms with Gasteiger partial charge in [0.05, 0.1) is 29.6 Å². The molecule has 0 bridgehead atoms. The highest BCUT2D eigenvalue weighted by atomic mass is 16.1. The van der Waals surface area contributed by atoms with Gasteiger partial charge in [0.2, 0.25) is 5.95 Å². The van der Waals surface area contributed by atoms with Gasteiger partial charge in [0.15, 0.2) is 5.65 Å². The first-order valence-electron chi connectivity index (χ1n) is 8.46. The minimum atomic E-state index is -0.261. The Balaban J connectivity index is 1.72. The summed E-state index contributed by atoms with van der Waals surface area (Å²) >= 11 is 0. The summed E-state index contributed by atoms with van der Waals surface area (Å²) in [4.78, 5) is 19.7. The molecule has 2 aromatic carbocycles. The van der Waals surface area contributed by atoms with Gasteiger partial charge >= 0.3 is 0 Å². The number of nitriles is 1. The molecular weight excluding hydrogens is 340 g/mol. The zero-order valence-corrected chi connectivity index (χ0v) is 14.5. The van der Waals surface area contributed by atoms with Crippen molar-refractivity contribution in [2.75, 3.05) is 5.32 Å². The Morgan fingerprint density at radius 1 is 1.19 bits per heavy atom. The number of benzene rings is 2. The molecule has 7 nitrogen and oxygen atoms in total.